The lowest BCUT2D eigenvalue weighted by Gasteiger charge is -2.25. The number of amides is 1. The predicted molar refractivity (Wildman–Crippen MR) is 76.5 cm³/mol. The minimum absolute atomic E-state index is 0.317. The maximum absolute atomic E-state index is 11.8. The molecule has 1 aliphatic heterocycles. The summed E-state index contributed by atoms with van der Waals surface area (Å²) in [6.07, 6.45) is 1.62. The van der Waals surface area contributed by atoms with Crippen LogP contribution in [0.25, 0.3) is 0 Å². The summed E-state index contributed by atoms with van der Waals surface area (Å²) in [6.45, 7) is 2.55. The van der Waals surface area contributed by atoms with E-state index >= 15 is 0 Å². The largest absolute Gasteiger partial charge is 0.465 e. The van der Waals surface area contributed by atoms with Gasteiger partial charge in [0.05, 0.1) is 12.7 Å². The molecule has 0 saturated carbocycles. The van der Waals surface area contributed by atoms with Gasteiger partial charge in [-0.3, -0.25) is 4.79 Å². The van der Waals surface area contributed by atoms with Gasteiger partial charge in [-0.2, -0.15) is 0 Å². The molecule has 1 aromatic carbocycles. The van der Waals surface area contributed by atoms with E-state index in [4.69, 9.17) is 16.2 Å². The second-order valence-corrected chi connectivity index (χ2v) is 4.97. The van der Waals surface area contributed by atoms with Crippen LogP contribution >= 0.6 is 0 Å². The van der Waals surface area contributed by atoms with Crippen LogP contribution in [0.5, 0.6) is 0 Å². The molecular formula is C14H19N3O3. The molecule has 1 atom stereocenters. The van der Waals surface area contributed by atoms with Gasteiger partial charge in [-0.1, -0.05) is 0 Å². The van der Waals surface area contributed by atoms with Crippen LogP contribution in [0, 0.1) is 6.92 Å². The average molecular weight is 277 g/mol. The van der Waals surface area contributed by atoms with Gasteiger partial charge in [0.25, 0.3) is 0 Å². The molecule has 1 saturated heterocycles. The molecule has 6 nitrogen and oxygen atoms in total. The van der Waals surface area contributed by atoms with Gasteiger partial charge in [0.2, 0.25) is 5.91 Å². The Morgan fingerprint density at radius 2 is 2.10 bits per heavy atom. The molecule has 0 aliphatic carbocycles. The van der Waals surface area contributed by atoms with Crippen molar-refractivity contribution >= 4 is 23.3 Å². The molecule has 108 valence electrons. The molecule has 0 bridgehead atoms. The van der Waals surface area contributed by atoms with Gasteiger partial charge in [-0.25, -0.2) is 4.79 Å². The van der Waals surface area contributed by atoms with Crippen LogP contribution in [0.15, 0.2) is 12.1 Å². The zero-order valence-electron chi connectivity index (χ0n) is 11.7. The fourth-order valence-corrected chi connectivity index (χ4v) is 2.60. The number of methoxy groups -OCH3 is 1. The molecule has 1 fully saturated rings. The van der Waals surface area contributed by atoms with E-state index in [1.165, 1.54) is 7.11 Å². The van der Waals surface area contributed by atoms with Crippen LogP contribution in [-0.2, 0) is 9.53 Å². The average Bonchev–Trinajstić information content (AvgIpc) is 2.90. The van der Waals surface area contributed by atoms with E-state index in [1.54, 1.807) is 6.07 Å². The predicted octanol–water partition coefficient (Wildman–Crippen LogP) is 0.818. The number of aryl methyl sites for hydroxylation is 1. The number of carbonyl (C=O) groups is 2. The van der Waals surface area contributed by atoms with Crippen molar-refractivity contribution in [1.29, 1.82) is 0 Å². The highest BCUT2D eigenvalue weighted by Gasteiger charge is 2.30. The van der Waals surface area contributed by atoms with Crippen molar-refractivity contribution < 1.29 is 14.3 Å². The van der Waals surface area contributed by atoms with Gasteiger partial charge in [-0.15, -0.1) is 0 Å². The number of anilines is 2. The summed E-state index contributed by atoms with van der Waals surface area (Å²) in [7, 11) is 1.31. The standard InChI is InChI=1S/C14H19N3O3/c1-8-6-9(7-10(12(8)15)14(19)20-2)17-5-3-4-11(17)13(16)18/h6-7,11H,3-5,15H2,1-2H3,(H2,16,18). The smallest absolute Gasteiger partial charge is 0.340 e. The quantitative estimate of drug-likeness (QED) is 0.629. The maximum atomic E-state index is 11.8. The van der Waals surface area contributed by atoms with Crippen LogP contribution < -0.4 is 16.4 Å². The summed E-state index contributed by atoms with van der Waals surface area (Å²) in [6, 6.07) is 3.20. The van der Waals surface area contributed by atoms with Crippen LogP contribution in [0.2, 0.25) is 0 Å². The van der Waals surface area contributed by atoms with E-state index in [-0.39, 0.29) is 11.9 Å². The van der Waals surface area contributed by atoms with Gasteiger partial charge in [-0.05, 0) is 37.5 Å². The van der Waals surface area contributed by atoms with E-state index in [2.05, 4.69) is 0 Å². The Morgan fingerprint density at radius 3 is 2.70 bits per heavy atom. The van der Waals surface area contributed by atoms with Crippen LogP contribution in [0.1, 0.15) is 28.8 Å². The van der Waals surface area contributed by atoms with Gasteiger partial charge in [0.1, 0.15) is 6.04 Å². The molecule has 1 aliphatic rings. The van der Waals surface area contributed by atoms with Crippen LogP contribution in [-0.4, -0.2) is 31.6 Å². The Hall–Kier alpha value is -2.24. The number of hydrogen-bond acceptors (Lipinski definition) is 5. The molecule has 6 heteroatoms. The van der Waals surface area contributed by atoms with Crippen molar-refractivity contribution in [3.8, 4) is 0 Å². The van der Waals surface area contributed by atoms with Crippen molar-refractivity contribution in [3.05, 3.63) is 23.3 Å². The van der Waals surface area contributed by atoms with E-state index in [1.807, 2.05) is 17.9 Å². The minimum atomic E-state index is -0.484. The number of carbonyl (C=O) groups excluding carboxylic acids is 2. The topological polar surface area (TPSA) is 98.6 Å². The number of nitrogens with zero attached hydrogens (tertiary/aromatic N) is 1. The molecule has 1 heterocycles. The fraction of sp³-hybridized carbons (Fsp3) is 0.429. The maximum Gasteiger partial charge on any atom is 0.340 e. The molecule has 1 amide bonds. The highest BCUT2D eigenvalue weighted by Crippen LogP contribution is 2.30. The number of ether oxygens (including phenoxy) is 1. The fourth-order valence-electron chi connectivity index (χ4n) is 2.60. The lowest BCUT2D eigenvalue weighted by molar-refractivity contribution is -0.119. The molecule has 0 radical (unpaired) electrons. The number of hydrogen-bond donors (Lipinski definition) is 2. The molecular weight excluding hydrogens is 258 g/mol. The summed E-state index contributed by atoms with van der Waals surface area (Å²) >= 11 is 0. The second-order valence-electron chi connectivity index (χ2n) is 4.97. The molecule has 20 heavy (non-hydrogen) atoms. The number of nitrogen functional groups attached to an aromatic ring is 1. The first kappa shape index (κ1) is 14.2. The van der Waals surface area contributed by atoms with Crippen molar-refractivity contribution in [2.45, 2.75) is 25.8 Å². The highest BCUT2D eigenvalue weighted by molar-refractivity contribution is 5.97. The third-order valence-corrected chi connectivity index (χ3v) is 3.69. The van der Waals surface area contributed by atoms with Gasteiger partial charge < -0.3 is 21.1 Å². The zero-order chi connectivity index (χ0) is 14.9. The molecule has 1 unspecified atom stereocenters. The second kappa shape index (κ2) is 5.40. The number of esters is 1. The molecule has 2 rings (SSSR count). The van der Waals surface area contributed by atoms with E-state index in [0.717, 1.165) is 30.6 Å². The number of rotatable bonds is 3. The lowest BCUT2D eigenvalue weighted by Crippen LogP contribution is -2.40. The summed E-state index contributed by atoms with van der Waals surface area (Å²) in [5.41, 5.74) is 13.6. The van der Waals surface area contributed by atoms with E-state index in [0.29, 0.717) is 11.3 Å². The molecule has 0 spiro atoms. The van der Waals surface area contributed by atoms with E-state index in [9.17, 15) is 9.59 Å². The Labute approximate surface area is 117 Å². The van der Waals surface area contributed by atoms with Crippen molar-refractivity contribution in [3.63, 3.8) is 0 Å². The SMILES string of the molecule is COC(=O)c1cc(N2CCCC2C(N)=O)cc(C)c1N. The summed E-state index contributed by atoms with van der Waals surface area (Å²) < 4.78 is 4.73. The monoisotopic (exact) mass is 277 g/mol. The first-order valence-electron chi connectivity index (χ1n) is 6.50. The van der Waals surface area contributed by atoms with Crippen molar-refractivity contribution in [2.75, 3.05) is 24.3 Å². The minimum Gasteiger partial charge on any atom is -0.465 e. The molecule has 1 aromatic rings. The van der Waals surface area contributed by atoms with Gasteiger partial charge >= 0.3 is 5.97 Å². The first-order chi connectivity index (χ1) is 9.45. The number of primary amides is 1. The lowest BCUT2D eigenvalue weighted by atomic mass is 10.1. The highest BCUT2D eigenvalue weighted by atomic mass is 16.5. The zero-order valence-corrected chi connectivity index (χ0v) is 11.7. The normalized spacial score (nSPS) is 18.1. The van der Waals surface area contributed by atoms with Crippen molar-refractivity contribution in [1.82, 2.24) is 0 Å². The summed E-state index contributed by atoms with van der Waals surface area (Å²) in [5, 5.41) is 0. The van der Waals surface area contributed by atoms with E-state index < -0.39 is 5.97 Å². The Morgan fingerprint density at radius 1 is 1.40 bits per heavy atom. The van der Waals surface area contributed by atoms with Crippen molar-refractivity contribution in [2.24, 2.45) is 5.73 Å². The Bertz CT molecular complexity index is 557. The molecule has 0 aromatic heterocycles. The third-order valence-electron chi connectivity index (χ3n) is 3.69. The Balaban J connectivity index is 2.45. The molecule has 4 N–H and O–H groups in total. The van der Waals surface area contributed by atoms with Crippen LogP contribution in [0.3, 0.4) is 0 Å². The third kappa shape index (κ3) is 2.41. The number of nitrogens with two attached hydrogens (primary N) is 2. The summed E-state index contributed by atoms with van der Waals surface area (Å²) in [4.78, 5) is 25.2. The first-order valence-corrected chi connectivity index (χ1v) is 6.50. The van der Waals surface area contributed by atoms with Gasteiger partial charge in [0.15, 0.2) is 0 Å². The number of benzene rings is 1. The summed E-state index contributed by atoms with van der Waals surface area (Å²) in [5.74, 6) is -0.834. The Kier molecular flexibility index (Phi) is 3.83. The van der Waals surface area contributed by atoms with Crippen LogP contribution in [0.4, 0.5) is 11.4 Å². The van der Waals surface area contributed by atoms with Gasteiger partial charge in [0, 0.05) is 17.9 Å².